The number of rotatable bonds is 4. The van der Waals surface area contributed by atoms with Gasteiger partial charge in [-0.3, -0.25) is 9.59 Å². The number of nitrogens with zero attached hydrogens (tertiary/aromatic N) is 1. The molecule has 0 fully saturated rings. The number of thiocarbonyl (C=S) groups is 1. The largest absolute Gasteiger partial charge is 0.469 e. The van der Waals surface area contributed by atoms with Gasteiger partial charge in [0.15, 0.2) is 0 Å². The number of pyridine rings is 1. The van der Waals surface area contributed by atoms with Gasteiger partial charge < -0.3 is 15.0 Å². The van der Waals surface area contributed by atoms with Gasteiger partial charge in [-0.25, -0.2) is 0 Å². The van der Waals surface area contributed by atoms with Crippen LogP contribution in [0.5, 0.6) is 0 Å². The van der Waals surface area contributed by atoms with Crippen LogP contribution >= 0.6 is 12.2 Å². The number of nitrogens with two attached hydrogens (primary N) is 1. The first-order valence-electron chi connectivity index (χ1n) is 5.37. The van der Waals surface area contributed by atoms with Gasteiger partial charge in [-0.2, -0.15) is 0 Å². The van der Waals surface area contributed by atoms with Crippen LogP contribution in [0, 0.1) is 5.41 Å². The zero-order chi connectivity index (χ0) is 13.9. The van der Waals surface area contributed by atoms with Crippen molar-refractivity contribution in [1.29, 1.82) is 0 Å². The average molecular weight is 268 g/mol. The Kier molecular flexibility index (Phi) is 4.24. The highest BCUT2D eigenvalue weighted by molar-refractivity contribution is 7.80. The number of methoxy groups -OCH3 is 1. The summed E-state index contributed by atoms with van der Waals surface area (Å²) in [5.74, 6) is -0.380. The Morgan fingerprint density at radius 2 is 2.17 bits per heavy atom. The molecular formula is C12H16N2O3S. The molecule has 0 atom stereocenters. The molecule has 1 aromatic rings. The van der Waals surface area contributed by atoms with Crippen molar-refractivity contribution in [1.82, 2.24) is 4.57 Å². The van der Waals surface area contributed by atoms with Gasteiger partial charge in [0.25, 0.3) is 5.56 Å². The number of hydrogen-bond acceptors (Lipinski definition) is 4. The zero-order valence-electron chi connectivity index (χ0n) is 10.6. The third kappa shape index (κ3) is 2.95. The van der Waals surface area contributed by atoms with Crippen molar-refractivity contribution in [3.05, 3.63) is 34.2 Å². The Morgan fingerprint density at radius 1 is 1.56 bits per heavy atom. The van der Waals surface area contributed by atoms with Gasteiger partial charge in [-0.05, 0) is 26.0 Å². The molecule has 0 unspecified atom stereocenters. The van der Waals surface area contributed by atoms with Crippen molar-refractivity contribution in [2.75, 3.05) is 7.11 Å². The second-order valence-corrected chi connectivity index (χ2v) is 5.03. The van der Waals surface area contributed by atoms with Crippen molar-refractivity contribution in [3.8, 4) is 0 Å². The smallest absolute Gasteiger partial charge is 0.313 e. The SMILES string of the molecule is COC(=O)C(C)(C)Cn1cccc(C(N)=S)c1=O. The molecule has 18 heavy (non-hydrogen) atoms. The van der Waals surface area contributed by atoms with E-state index < -0.39 is 5.41 Å². The quantitative estimate of drug-likeness (QED) is 0.642. The van der Waals surface area contributed by atoms with E-state index in [2.05, 4.69) is 0 Å². The number of hydrogen-bond donors (Lipinski definition) is 1. The summed E-state index contributed by atoms with van der Waals surface area (Å²) in [7, 11) is 1.32. The number of carbonyl (C=O) groups excluding carboxylic acids is 1. The summed E-state index contributed by atoms with van der Waals surface area (Å²) in [6.45, 7) is 3.62. The van der Waals surface area contributed by atoms with Crippen LogP contribution < -0.4 is 11.3 Å². The number of esters is 1. The van der Waals surface area contributed by atoms with Gasteiger partial charge in [0.1, 0.15) is 4.99 Å². The Morgan fingerprint density at radius 3 is 2.67 bits per heavy atom. The molecule has 6 heteroatoms. The van der Waals surface area contributed by atoms with Crippen molar-refractivity contribution < 1.29 is 9.53 Å². The molecule has 0 aliphatic rings. The highest BCUT2D eigenvalue weighted by Crippen LogP contribution is 2.19. The minimum atomic E-state index is -0.798. The first kappa shape index (κ1) is 14.4. The van der Waals surface area contributed by atoms with Crippen molar-refractivity contribution in [2.24, 2.45) is 11.1 Å². The van der Waals surface area contributed by atoms with Gasteiger partial charge in [-0.1, -0.05) is 12.2 Å². The second-order valence-electron chi connectivity index (χ2n) is 4.59. The summed E-state index contributed by atoms with van der Waals surface area (Å²) in [6.07, 6.45) is 1.59. The van der Waals surface area contributed by atoms with E-state index in [0.29, 0.717) is 0 Å². The molecule has 0 radical (unpaired) electrons. The van der Waals surface area contributed by atoms with E-state index in [0.717, 1.165) is 0 Å². The molecule has 0 spiro atoms. The lowest BCUT2D eigenvalue weighted by atomic mass is 9.93. The van der Waals surface area contributed by atoms with Gasteiger partial charge in [0.2, 0.25) is 0 Å². The molecule has 0 aliphatic carbocycles. The van der Waals surface area contributed by atoms with Gasteiger partial charge in [0.05, 0.1) is 18.1 Å². The molecule has 0 bridgehead atoms. The van der Waals surface area contributed by atoms with E-state index in [1.165, 1.54) is 11.7 Å². The highest BCUT2D eigenvalue weighted by atomic mass is 32.1. The number of carbonyl (C=O) groups is 1. The van der Waals surface area contributed by atoms with Crippen LogP contribution in [0.1, 0.15) is 19.4 Å². The Hall–Kier alpha value is -1.69. The minimum Gasteiger partial charge on any atom is -0.469 e. The van der Waals surface area contributed by atoms with Gasteiger partial charge in [0, 0.05) is 12.7 Å². The molecule has 0 saturated carbocycles. The van der Waals surface area contributed by atoms with E-state index in [1.54, 1.807) is 32.2 Å². The summed E-state index contributed by atoms with van der Waals surface area (Å²) in [4.78, 5) is 23.7. The molecule has 0 saturated heterocycles. The lowest BCUT2D eigenvalue weighted by Gasteiger charge is -2.22. The fourth-order valence-electron chi connectivity index (χ4n) is 1.62. The van der Waals surface area contributed by atoms with Crippen molar-refractivity contribution in [2.45, 2.75) is 20.4 Å². The number of aromatic nitrogens is 1. The van der Waals surface area contributed by atoms with E-state index in [9.17, 15) is 9.59 Å². The van der Waals surface area contributed by atoms with Crippen LogP contribution in [0.4, 0.5) is 0 Å². The molecule has 0 aromatic carbocycles. The average Bonchev–Trinajstić information content (AvgIpc) is 2.30. The first-order chi connectivity index (χ1) is 8.29. The minimum absolute atomic E-state index is 0.0465. The van der Waals surface area contributed by atoms with Crippen LogP contribution in [0.25, 0.3) is 0 Å². The summed E-state index contributed by atoms with van der Waals surface area (Å²) >= 11 is 4.80. The fourth-order valence-corrected chi connectivity index (χ4v) is 1.77. The molecule has 0 amide bonds. The molecule has 2 N–H and O–H groups in total. The standard InChI is InChI=1S/C12H16N2O3S/c1-12(2,11(16)17-3)7-14-6-4-5-8(9(13)18)10(14)15/h4-6H,7H2,1-3H3,(H2,13,18). The summed E-state index contributed by atoms with van der Waals surface area (Å²) in [5, 5.41) is 0. The first-order valence-corrected chi connectivity index (χ1v) is 5.78. The van der Waals surface area contributed by atoms with E-state index in [-0.39, 0.29) is 28.6 Å². The van der Waals surface area contributed by atoms with Crippen LogP contribution in [-0.2, 0) is 16.1 Å². The monoisotopic (exact) mass is 268 g/mol. The van der Waals surface area contributed by atoms with E-state index in [1.807, 2.05) is 0 Å². The third-order valence-electron chi connectivity index (χ3n) is 2.59. The molecule has 98 valence electrons. The topological polar surface area (TPSA) is 74.3 Å². The Bertz CT molecular complexity index is 534. The zero-order valence-corrected chi connectivity index (χ0v) is 11.4. The summed E-state index contributed by atoms with van der Waals surface area (Å²) in [5.41, 5.74) is 4.63. The Labute approximate surface area is 111 Å². The van der Waals surface area contributed by atoms with Crippen LogP contribution in [0.15, 0.2) is 23.1 Å². The van der Waals surface area contributed by atoms with Gasteiger partial charge >= 0.3 is 5.97 Å². The Balaban J connectivity index is 3.14. The molecule has 5 nitrogen and oxygen atoms in total. The fraction of sp³-hybridized carbons (Fsp3) is 0.417. The number of ether oxygens (including phenoxy) is 1. The second kappa shape index (κ2) is 5.30. The molecule has 1 heterocycles. The maximum Gasteiger partial charge on any atom is 0.313 e. The predicted octanol–water partition coefficient (Wildman–Crippen LogP) is 0.682. The van der Waals surface area contributed by atoms with E-state index in [4.69, 9.17) is 22.7 Å². The molecule has 0 aliphatic heterocycles. The normalized spacial score (nSPS) is 11.1. The van der Waals surface area contributed by atoms with Crippen LogP contribution in [0.3, 0.4) is 0 Å². The van der Waals surface area contributed by atoms with Crippen LogP contribution in [0.2, 0.25) is 0 Å². The predicted molar refractivity (Wildman–Crippen MR) is 72.4 cm³/mol. The molecular weight excluding hydrogens is 252 g/mol. The molecule has 1 aromatic heterocycles. The van der Waals surface area contributed by atoms with Crippen LogP contribution in [-0.4, -0.2) is 22.6 Å². The molecule has 1 rings (SSSR count). The maximum atomic E-state index is 12.0. The highest BCUT2D eigenvalue weighted by Gasteiger charge is 2.29. The van der Waals surface area contributed by atoms with Gasteiger partial charge in [-0.15, -0.1) is 0 Å². The summed E-state index contributed by atoms with van der Waals surface area (Å²) < 4.78 is 6.11. The lowest BCUT2D eigenvalue weighted by molar-refractivity contribution is -0.151. The van der Waals surface area contributed by atoms with E-state index >= 15 is 0 Å². The third-order valence-corrected chi connectivity index (χ3v) is 2.81. The van der Waals surface area contributed by atoms with Crippen molar-refractivity contribution in [3.63, 3.8) is 0 Å². The maximum absolute atomic E-state index is 12.0. The van der Waals surface area contributed by atoms with Crippen molar-refractivity contribution >= 4 is 23.2 Å². The lowest BCUT2D eigenvalue weighted by Crippen LogP contribution is -2.36. The summed E-state index contributed by atoms with van der Waals surface area (Å²) in [6, 6.07) is 3.23.